The van der Waals surface area contributed by atoms with E-state index in [1.807, 2.05) is 24.4 Å². The van der Waals surface area contributed by atoms with Gasteiger partial charge in [-0.25, -0.2) is 4.79 Å². The highest BCUT2D eigenvalue weighted by molar-refractivity contribution is 5.97. The number of ether oxygens (including phenoxy) is 1. The van der Waals surface area contributed by atoms with E-state index in [1.165, 1.54) is 11.8 Å². The summed E-state index contributed by atoms with van der Waals surface area (Å²) < 4.78 is 6.27. The van der Waals surface area contributed by atoms with Gasteiger partial charge in [-0.3, -0.25) is 4.98 Å². The van der Waals surface area contributed by atoms with Crippen molar-refractivity contribution in [3.05, 3.63) is 96.3 Å². The van der Waals surface area contributed by atoms with Crippen LogP contribution >= 0.6 is 0 Å². The third-order valence-corrected chi connectivity index (χ3v) is 8.79. The van der Waals surface area contributed by atoms with E-state index in [4.69, 9.17) is 24.5 Å². The summed E-state index contributed by atoms with van der Waals surface area (Å²) in [6, 6.07) is 26.6. The van der Waals surface area contributed by atoms with Crippen LogP contribution in [0.5, 0.6) is 6.01 Å². The smallest absolute Gasteiger partial charge is 0.357 e. The van der Waals surface area contributed by atoms with E-state index in [9.17, 15) is 4.79 Å². The van der Waals surface area contributed by atoms with Gasteiger partial charge in [-0.2, -0.15) is 9.97 Å². The molecular formula is C35H35N5O3. The number of piperidine rings is 1. The van der Waals surface area contributed by atoms with Gasteiger partial charge in [-0.05, 0) is 68.2 Å². The van der Waals surface area contributed by atoms with Gasteiger partial charge in [0.1, 0.15) is 6.61 Å². The van der Waals surface area contributed by atoms with Crippen molar-refractivity contribution in [1.29, 1.82) is 0 Å². The molecule has 0 radical (unpaired) electrons. The Labute approximate surface area is 251 Å². The molecule has 3 aromatic carbocycles. The summed E-state index contributed by atoms with van der Waals surface area (Å²) in [6.45, 7) is 2.90. The predicted molar refractivity (Wildman–Crippen MR) is 167 cm³/mol. The van der Waals surface area contributed by atoms with Crippen LogP contribution in [0.1, 0.15) is 47.7 Å². The maximum atomic E-state index is 12.6. The zero-order chi connectivity index (χ0) is 29.2. The molecule has 7 rings (SSSR count). The van der Waals surface area contributed by atoms with Crippen molar-refractivity contribution in [3.63, 3.8) is 0 Å². The molecule has 0 amide bonds. The first-order chi connectivity index (χ1) is 21.1. The third kappa shape index (κ3) is 5.81. The van der Waals surface area contributed by atoms with Gasteiger partial charge in [0.25, 0.3) is 0 Å². The molecule has 1 atom stereocenters. The molecule has 0 N–H and O–H groups in total. The molecule has 0 aliphatic carbocycles. The normalized spacial score (nSPS) is 18.3. The number of benzene rings is 3. The first kappa shape index (κ1) is 27.4. The lowest BCUT2D eigenvalue weighted by molar-refractivity contribution is -0.122. The first-order valence-corrected chi connectivity index (χ1v) is 15.1. The molecule has 0 unspecified atom stereocenters. The lowest BCUT2D eigenvalue weighted by Crippen LogP contribution is -2.35. The molecule has 218 valence electrons. The van der Waals surface area contributed by atoms with Crippen molar-refractivity contribution in [3.8, 4) is 17.3 Å². The van der Waals surface area contributed by atoms with Crippen molar-refractivity contribution in [2.75, 3.05) is 33.3 Å². The van der Waals surface area contributed by atoms with Gasteiger partial charge in [-0.15, -0.1) is 5.06 Å². The molecule has 5 aromatic rings. The van der Waals surface area contributed by atoms with E-state index in [-0.39, 0.29) is 11.9 Å². The molecule has 2 aliphatic rings. The first-order valence-electron chi connectivity index (χ1n) is 15.1. The van der Waals surface area contributed by atoms with Crippen LogP contribution in [-0.2, 0) is 4.84 Å². The van der Waals surface area contributed by atoms with Crippen LogP contribution in [0.2, 0.25) is 0 Å². The zero-order valence-electron chi connectivity index (χ0n) is 24.4. The summed E-state index contributed by atoms with van der Waals surface area (Å²) >= 11 is 0. The average molecular weight is 574 g/mol. The van der Waals surface area contributed by atoms with Gasteiger partial charge in [0.15, 0.2) is 0 Å². The van der Waals surface area contributed by atoms with Crippen LogP contribution in [0.3, 0.4) is 0 Å². The SMILES string of the molecule is CN1CCC[C@H]1COc1nc(C2CCN(OC(=O)c3ccccc3)CC2)c2cnc(-c3cccc4ccccc34)cc2n1. The maximum absolute atomic E-state index is 12.6. The Morgan fingerprint density at radius 2 is 1.67 bits per heavy atom. The lowest BCUT2D eigenvalue weighted by Gasteiger charge is -2.30. The number of carbonyl (C=O) groups is 1. The minimum atomic E-state index is -0.329. The minimum Gasteiger partial charge on any atom is -0.462 e. The van der Waals surface area contributed by atoms with Crippen LogP contribution in [0.4, 0.5) is 0 Å². The van der Waals surface area contributed by atoms with E-state index in [0.717, 1.165) is 59.0 Å². The quantitative estimate of drug-likeness (QED) is 0.225. The van der Waals surface area contributed by atoms with Crippen LogP contribution < -0.4 is 4.74 Å². The standard InChI is InChI=1S/C35H35N5O3/c1-39-18-8-13-27(39)23-42-35-37-32-21-31(29-15-7-12-24-9-5-6-14-28(24)29)36-22-30(32)33(38-35)25-16-19-40(20-17-25)43-34(41)26-10-3-2-4-11-26/h2-7,9-12,14-15,21-22,25,27H,8,13,16-20,23H2,1H3/t27-/m0/s1. The highest BCUT2D eigenvalue weighted by atomic mass is 16.7. The van der Waals surface area contributed by atoms with Gasteiger partial charge >= 0.3 is 12.0 Å². The fourth-order valence-corrected chi connectivity index (χ4v) is 6.32. The molecule has 2 aromatic heterocycles. The number of likely N-dealkylation sites (N-methyl/N-ethyl adjacent to an activating group) is 1. The number of hydrogen-bond donors (Lipinski definition) is 0. The fourth-order valence-electron chi connectivity index (χ4n) is 6.32. The molecule has 2 aliphatic heterocycles. The van der Waals surface area contributed by atoms with Crippen LogP contribution in [-0.4, -0.2) is 70.2 Å². The maximum Gasteiger partial charge on any atom is 0.357 e. The molecule has 2 saturated heterocycles. The summed E-state index contributed by atoms with van der Waals surface area (Å²) in [5, 5.41) is 5.03. The number of pyridine rings is 1. The van der Waals surface area contributed by atoms with Crippen LogP contribution in [0.25, 0.3) is 32.9 Å². The highest BCUT2D eigenvalue weighted by Crippen LogP contribution is 2.35. The van der Waals surface area contributed by atoms with Gasteiger partial charge < -0.3 is 14.5 Å². The number of carbonyl (C=O) groups excluding carboxylic acids is 1. The minimum absolute atomic E-state index is 0.166. The Hall–Kier alpha value is -4.40. The molecule has 2 fully saturated rings. The number of hydroxylamine groups is 2. The number of nitrogens with zero attached hydrogens (tertiary/aromatic N) is 5. The van der Waals surface area contributed by atoms with Gasteiger partial charge in [-0.1, -0.05) is 60.7 Å². The zero-order valence-corrected chi connectivity index (χ0v) is 24.4. The third-order valence-electron chi connectivity index (χ3n) is 8.79. The Bertz CT molecular complexity index is 1750. The predicted octanol–water partition coefficient (Wildman–Crippen LogP) is 6.27. The summed E-state index contributed by atoms with van der Waals surface area (Å²) in [5.41, 5.74) is 4.28. The van der Waals surface area contributed by atoms with Crippen molar-refractivity contribution >= 4 is 27.6 Å². The van der Waals surface area contributed by atoms with E-state index >= 15 is 0 Å². The van der Waals surface area contributed by atoms with Gasteiger partial charge in [0.05, 0.1) is 22.5 Å². The van der Waals surface area contributed by atoms with Crippen molar-refractivity contribution in [2.45, 2.75) is 37.6 Å². The average Bonchev–Trinajstić information content (AvgIpc) is 3.48. The second kappa shape index (κ2) is 12.1. The number of rotatable bonds is 7. The van der Waals surface area contributed by atoms with E-state index in [1.54, 1.807) is 17.2 Å². The second-order valence-corrected chi connectivity index (χ2v) is 11.5. The molecule has 8 heteroatoms. The van der Waals surface area contributed by atoms with Crippen molar-refractivity contribution in [1.82, 2.24) is 24.9 Å². The Kier molecular flexibility index (Phi) is 7.70. The summed E-state index contributed by atoms with van der Waals surface area (Å²) in [4.78, 5) is 35.4. The Balaban J connectivity index is 1.18. The second-order valence-electron chi connectivity index (χ2n) is 11.5. The van der Waals surface area contributed by atoms with Crippen molar-refractivity contribution < 1.29 is 14.4 Å². The molecule has 0 spiro atoms. The molecule has 8 nitrogen and oxygen atoms in total. The summed E-state index contributed by atoms with van der Waals surface area (Å²) in [5.74, 6) is -0.164. The summed E-state index contributed by atoms with van der Waals surface area (Å²) in [7, 11) is 2.15. The Morgan fingerprint density at radius 1 is 0.884 bits per heavy atom. The molecule has 0 saturated carbocycles. The van der Waals surface area contributed by atoms with E-state index in [2.05, 4.69) is 60.5 Å². The topological polar surface area (TPSA) is 80.7 Å². The monoisotopic (exact) mass is 573 g/mol. The van der Waals surface area contributed by atoms with E-state index in [0.29, 0.717) is 37.3 Å². The molecule has 4 heterocycles. The number of fused-ring (bicyclic) bond motifs is 2. The van der Waals surface area contributed by atoms with Gasteiger partial charge in [0, 0.05) is 42.2 Å². The fraction of sp³-hybridized carbons (Fsp3) is 0.314. The molecular weight excluding hydrogens is 538 g/mol. The lowest BCUT2D eigenvalue weighted by atomic mass is 9.92. The molecule has 0 bridgehead atoms. The number of aromatic nitrogens is 3. The van der Waals surface area contributed by atoms with Gasteiger partial charge in [0.2, 0.25) is 0 Å². The number of likely N-dealkylation sites (tertiary alicyclic amines) is 1. The highest BCUT2D eigenvalue weighted by Gasteiger charge is 2.28. The largest absolute Gasteiger partial charge is 0.462 e. The number of hydrogen-bond acceptors (Lipinski definition) is 8. The van der Waals surface area contributed by atoms with Crippen LogP contribution in [0, 0.1) is 0 Å². The van der Waals surface area contributed by atoms with E-state index < -0.39 is 0 Å². The van der Waals surface area contributed by atoms with Crippen molar-refractivity contribution in [2.24, 2.45) is 0 Å². The summed E-state index contributed by atoms with van der Waals surface area (Å²) in [6.07, 6.45) is 5.81. The molecule has 43 heavy (non-hydrogen) atoms. The van der Waals surface area contributed by atoms with Crippen LogP contribution in [0.15, 0.2) is 85.1 Å². The Morgan fingerprint density at radius 3 is 2.49 bits per heavy atom.